The lowest BCUT2D eigenvalue weighted by atomic mass is 9.68. The number of fused-ring (bicyclic) bond motifs is 1. The van der Waals surface area contributed by atoms with Gasteiger partial charge in [-0.15, -0.1) is 11.3 Å². The smallest absolute Gasteiger partial charge is 0.306 e. The first kappa shape index (κ1) is 41.1. The molecule has 12 heteroatoms. The number of likely N-dealkylation sites (N-methyl/N-ethyl adjacent to an activating group) is 1. The Morgan fingerprint density at radius 3 is 2.29 bits per heavy atom. The fourth-order valence-electron chi connectivity index (χ4n) is 8.00. The van der Waals surface area contributed by atoms with Gasteiger partial charge in [-0.1, -0.05) is 70.9 Å². The number of nitrogens with one attached hydrogen (secondary N) is 1. The van der Waals surface area contributed by atoms with E-state index in [0.29, 0.717) is 17.3 Å². The van der Waals surface area contributed by atoms with Crippen molar-refractivity contribution in [3.8, 4) is 0 Å². The number of esters is 1. The van der Waals surface area contributed by atoms with E-state index in [-0.39, 0.29) is 54.5 Å². The van der Waals surface area contributed by atoms with Crippen LogP contribution in [0.15, 0.2) is 29.6 Å². The summed E-state index contributed by atoms with van der Waals surface area (Å²) < 4.78 is 5.79. The van der Waals surface area contributed by atoms with Crippen molar-refractivity contribution in [3.63, 3.8) is 0 Å². The lowest BCUT2D eigenvalue weighted by Gasteiger charge is -2.41. The van der Waals surface area contributed by atoms with Gasteiger partial charge in [-0.3, -0.25) is 28.9 Å². The molecule has 286 valence electrons. The number of hydrogen-bond acceptors (Lipinski definition) is 9. The molecule has 2 bridgehead atoms. The fourth-order valence-corrected chi connectivity index (χ4v) is 8.83. The zero-order chi connectivity index (χ0) is 38.5. The molecule has 1 aliphatic carbocycles. The third kappa shape index (κ3) is 9.66. The molecule has 0 spiro atoms. The highest BCUT2D eigenvalue weighted by Gasteiger charge is 2.59. The average molecular weight is 739 g/mol. The number of carboxylic acids is 1. The Balaban J connectivity index is 1.51. The van der Waals surface area contributed by atoms with Crippen LogP contribution >= 0.6 is 11.3 Å². The molecule has 2 aliphatic heterocycles. The Bertz CT molecular complexity index is 1580. The van der Waals surface area contributed by atoms with Crippen molar-refractivity contribution in [1.29, 1.82) is 0 Å². The Morgan fingerprint density at radius 2 is 1.75 bits per heavy atom. The summed E-state index contributed by atoms with van der Waals surface area (Å²) in [7, 11) is 3.78. The van der Waals surface area contributed by atoms with Gasteiger partial charge in [0.15, 0.2) is 11.9 Å². The predicted molar refractivity (Wildman–Crippen MR) is 201 cm³/mol. The number of benzene rings is 1. The topological polar surface area (TPSA) is 146 Å². The Morgan fingerprint density at radius 1 is 1.10 bits per heavy atom. The van der Waals surface area contributed by atoms with Crippen LogP contribution in [-0.2, 0) is 30.3 Å². The summed E-state index contributed by atoms with van der Waals surface area (Å²) in [6, 6.07) is 7.09. The number of amides is 2. The summed E-state index contributed by atoms with van der Waals surface area (Å²) in [5, 5.41) is 14.6. The molecule has 1 saturated carbocycles. The molecule has 0 unspecified atom stereocenters. The second kappa shape index (κ2) is 17.5. The van der Waals surface area contributed by atoms with E-state index in [0.717, 1.165) is 36.9 Å². The van der Waals surface area contributed by atoms with Crippen molar-refractivity contribution < 1.29 is 33.8 Å². The van der Waals surface area contributed by atoms with Crippen LogP contribution in [0.3, 0.4) is 0 Å². The van der Waals surface area contributed by atoms with Gasteiger partial charge in [-0.2, -0.15) is 0 Å². The third-order valence-corrected chi connectivity index (χ3v) is 12.4. The highest BCUT2D eigenvalue weighted by atomic mass is 32.1. The summed E-state index contributed by atoms with van der Waals surface area (Å²) in [4.78, 5) is 74.1. The molecule has 3 heterocycles. The first-order valence-corrected chi connectivity index (χ1v) is 19.6. The normalized spacial score (nSPS) is 21.7. The minimum absolute atomic E-state index is 0.00307. The van der Waals surface area contributed by atoms with Gasteiger partial charge < -0.3 is 20.1 Å². The van der Waals surface area contributed by atoms with Crippen LogP contribution in [0.4, 0.5) is 0 Å². The maximum Gasteiger partial charge on any atom is 0.306 e. The van der Waals surface area contributed by atoms with Crippen LogP contribution in [0.2, 0.25) is 0 Å². The molecule has 5 rings (SSSR count). The summed E-state index contributed by atoms with van der Waals surface area (Å²) in [5.74, 6) is -2.42. The van der Waals surface area contributed by atoms with Crippen molar-refractivity contribution in [3.05, 3.63) is 51.5 Å². The second-order valence-corrected chi connectivity index (χ2v) is 16.7. The molecule has 6 atom stereocenters. The molecule has 0 radical (unpaired) electrons. The van der Waals surface area contributed by atoms with Gasteiger partial charge in [-0.25, -0.2) is 4.98 Å². The molecule has 3 aliphatic rings. The number of hydrogen-bond donors (Lipinski definition) is 2. The molecule has 1 aromatic heterocycles. The average Bonchev–Trinajstić information content (AvgIpc) is 3.78. The number of thiazole rings is 1. The predicted octanol–water partition coefficient (Wildman–Crippen LogP) is 6.10. The quantitative estimate of drug-likeness (QED) is 0.163. The van der Waals surface area contributed by atoms with Crippen LogP contribution in [0.1, 0.15) is 113 Å². The number of nitrogens with zero attached hydrogens (tertiary/aromatic N) is 3. The lowest BCUT2D eigenvalue weighted by molar-refractivity contribution is -0.150. The molecular formula is C40H58N4O7S. The van der Waals surface area contributed by atoms with Gasteiger partial charge in [0.25, 0.3) is 5.91 Å². The highest BCUT2D eigenvalue weighted by molar-refractivity contribution is 7.09. The van der Waals surface area contributed by atoms with Gasteiger partial charge >= 0.3 is 11.9 Å². The van der Waals surface area contributed by atoms with Gasteiger partial charge in [0.1, 0.15) is 10.7 Å². The summed E-state index contributed by atoms with van der Waals surface area (Å²) in [6.07, 6.45) is 2.85. The van der Waals surface area contributed by atoms with E-state index >= 15 is 0 Å². The lowest BCUT2D eigenvalue weighted by Crippen LogP contribution is -2.53. The molecule has 52 heavy (non-hydrogen) atoms. The van der Waals surface area contributed by atoms with Gasteiger partial charge in [0.05, 0.1) is 11.5 Å². The number of carbonyl (C=O) groups excluding carboxylic acids is 4. The van der Waals surface area contributed by atoms with E-state index in [2.05, 4.69) is 15.2 Å². The van der Waals surface area contributed by atoms with E-state index in [9.17, 15) is 29.1 Å². The van der Waals surface area contributed by atoms with Crippen LogP contribution in [0, 0.1) is 36.5 Å². The highest BCUT2D eigenvalue weighted by Crippen LogP contribution is 2.51. The number of aromatic nitrogens is 1. The molecule has 2 aromatic rings. The minimum Gasteiger partial charge on any atom is -0.481 e. The van der Waals surface area contributed by atoms with Crippen LogP contribution in [0.25, 0.3) is 0 Å². The number of rotatable bonds is 19. The van der Waals surface area contributed by atoms with Crippen molar-refractivity contribution in [1.82, 2.24) is 20.1 Å². The fraction of sp³-hybridized carbons (Fsp3) is 0.650. The van der Waals surface area contributed by atoms with Gasteiger partial charge in [0.2, 0.25) is 5.91 Å². The molecule has 2 amide bonds. The van der Waals surface area contributed by atoms with E-state index in [1.165, 1.54) is 18.3 Å². The summed E-state index contributed by atoms with van der Waals surface area (Å²) in [6.45, 7) is 14.0. The van der Waals surface area contributed by atoms with Crippen LogP contribution in [0.5, 0.6) is 0 Å². The number of ketones is 1. The number of aryl methyl sites for hydroxylation is 1. The molecule has 2 saturated heterocycles. The zero-order valence-electron chi connectivity index (χ0n) is 32.3. The van der Waals surface area contributed by atoms with E-state index < -0.39 is 47.4 Å². The van der Waals surface area contributed by atoms with Gasteiger partial charge in [-0.05, 0) is 63.0 Å². The monoisotopic (exact) mass is 738 g/mol. The molecule has 2 N–H and O–H groups in total. The van der Waals surface area contributed by atoms with Crippen molar-refractivity contribution >= 4 is 40.9 Å². The van der Waals surface area contributed by atoms with Crippen molar-refractivity contribution in [2.45, 2.75) is 117 Å². The van der Waals surface area contributed by atoms with Crippen LogP contribution < -0.4 is 5.32 Å². The maximum absolute atomic E-state index is 14.3. The van der Waals surface area contributed by atoms with E-state index in [4.69, 9.17) is 4.74 Å². The standard InChI is InChI=1S/C40H58N4O7S/c1-10-25(5)31(17-35(46)40-19-29(20-40)21-43(40)8)38(48)44(9)33(23(2)3)18-34(51-27(7)45)37-42-32(22-52-37)36(47)41-30(15-26(6)39(49)50)16-28-13-11-24(4)12-14-28/h11-14,22-23,25-26,29-31,33-34H,10,15-21H2,1-9H3,(H,41,47)(H,49,50)/t25-,26-,29?,30+,31-,33+,34+,40?/m0/s1. The number of aliphatic carboxylic acids is 1. The number of carbonyl (C=O) groups is 5. The molecule has 1 aromatic carbocycles. The van der Waals surface area contributed by atoms with E-state index in [1.54, 1.807) is 24.3 Å². The first-order valence-electron chi connectivity index (χ1n) is 18.7. The first-order chi connectivity index (χ1) is 24.4. The number of carboxylic acid groups (broad SMARTS) is 1. The Kier molecular flexibility index (Phi) is 13.8. The third-order valence-electron chi connectivity index (χ3n) is 11.5. The summed E-state index contributed by atoms with van der Waals surface area (Å²) in [5.41, 5.74) is 1.79. The number of ether oxygens (including phenoxy) is 1. The largest absolute Gasteiger partial charge is 0.481 e. The Hall–Kier alpha value is -3.64. The summed E-state index contributed by atoms with van der Waals surface area (Å²) >= 11 is 1.20. The molecule has 11 nitrogen and oxygen atoms in total. The van der Waals surface area contributed by atoms with E-state index in [1.807, 2.05) is 65.9 Å². The Labute approximate surface area is 312 Å². The van der Waals surface area contributed by atoms with Crippen LogP contribution in [-0.4, -0.2) is 87.7 Å². The SMILES string of the molecule is CC[C@H](C)[C@H](CC(=O)C12CC(CN1C)C2)C(=O)N(C)[C@H](C[C@@H](OC(C)=O)c1nc(C(=O)N[C@@H](Cc2ccc(C)cc2)C[C@H](C)C(=O)O)cs1)C(C)C. The van der Waals surface area contributed by atoms with Crippen molar-refractivity contribution in [2.75, 3.05) is 20.6 Å². The van der Waals surface area contributed by atoms with Gasteiger partial charge in [0, 0.05) is 56.7 Å². The second-order valence-electron chi connectivity index (χ2n) is 15.8. The molecule has 3 fully saturated rings. The minimum atomic E-state index is -0.939. The van der Waals surface area contributed by atoms with Crippen molar-refractivity contribution in [2.24, 2.45) is 29.6 Å². The number of Topliss-reactive ketones (excluding diaryl/α,β-unsaturated/α-hetero) is 1. The zero-order valence-corrected chi connectivity index (χ0v) is 33.1. The maximum atomic E-state index is 14.3. The molecular weight excluding hydrogens is 681 g/mol.